The Morgan fingerprint density at radius 1 is 1.26 bits per heavy atom. The van der Waals surface area contributed by atoms with Crippen molar-refractivity contribution in [2.75, 3.05) is 26.7 Å². The number of nitrogens with one attached hydrogen (secondary N) is 1. The Labute approximate surface area is 178 Å². The van der Waals surface area contributed by atoms with Crippen LogP contribution in [0.3, 0.4) is 0 Å². The van der Waals surface area contributed by atoms with E-state index in [-0.39, 0.29) is 17.7 Å². The molecule has 1 aliphatic heterocycles. The van der Waals surface area contributed by atoms with Gasteiger partial charge in [-0.1, -0.05) is 13.8 Å². The van der Waals surface area contributed by atoms with E-state index in [1.54, 1.807) is 6.92 Å². The number of rotatable bonds is 6. The molecule has 11 heteroatoms. The Hall–Kier alpha value is -2.69. The first-order valence-electron chi connectivity index (χ1n) is 10.1. The number of carbonyl (C=O) groups excluding carboxylic acids is 1. The molecular formula is C20H27F3N6O2. The maximum absolute atomic E-state index is 13.8. The summed E-state index contributed by atoms with van der Waals surface area (Å²) < 4.78 is 46.9. The SMILES string of the molecule is COc1ccc(-n2ncc(C(=O)NC(C)CN3CC(C)CC(C)C3)c2C(F)(F)F)nn1. The van der Waals surface area contributed by atoms with Gasteiger partial charge in [0, 0.05) is 31.7 Å². The van der Waals surface area contributed by atoms with Gasteiger partial charge in [0.15, 0.2) is 11.5 Å². The van der Waals surface area contributed by atoms with Crippen LogP contribution in [0.5, 0.6) is 5.88 Å². The molecular weight excluding hydrogens is 413 g/mol. The third kappa shape index (κ3) is 5.52. The second-order valence-electron chi connectivity index (χ2n) is 8.29. The van der Waals surface area contributed by atoms with E-state index in [9.17, 15) is 18.0 Å². The van der Waals surface area contributed by atoms with Gasteiger partial charge in [-0.25, -0.2) is 4.68 Å². The zero-order valence-electron chi connectivity index (χ0n) is 18.0. The highest BCUT2D eigenvalue weighted by Crippen LogP contribution is 2.33. The number of nitrogens with zero attached hydrogens (tertiary/aromatic N) is 5. The summed E-state index contributed by atoms with van der Waals surface area (Å²) in [7, 11) is 1.37. The summed E-state index contributed by atoms with van der Waals surface area (Å²) in [5.74, 6) is 0.249. The van der Waals surface area contributed by atoms with E-state index >= 15 is 0 Å². The van der Waals surface area contributed by atoms with Crippen LogP contribution in [0.25, 0.3) is 5.82 Å². The highest BCUT2D eigenvalue weighted by atomic mass is 19.4. The third-order valence-electron chi connectivity index (χ3n) is 5.19. The lowest BCUT2D eigenvalue weighted by atomic mass is 9.92. The van der Waals surface area contributed by atoms with Crippen molar-refractivity contribution in [1.29, 1.82) is 0 Å². The molecule has 0 saturated carbocycles. The lowest BCUT2D eigenvalue weighted by Crippen LogP contribution is -2.47. The molecule has 1 amide bonds. The summed E-state index contributed by atoms with van der Waals surface area (Å²) in [5, 5.41) is 13.8. The van der Waals surface area contributed by atoms with Gasteiger partial charge in [0.05, 0.1) is 18.9 Å². The van der Waals surface area contributed by atoms with Crippen molar-refractivity contribution in [3.05, 3.63) is 29.6 Å². The number of likely N-dealkylation sites (tertiary alicyclic amines) is 1. The molecule has 2 aromatic rings. The minimum absolute atomic E-state index is 0.151. The van der Waals surface area contributed by atoms with Crippen LogP contribution in [0.4, 0.5) is 13.2 Å². The van der Waals surface area contributed by atoms with Crippen LogP contribution in [0, 0.1) is 11.8 Å². The second-order valence-corrected chi connectivity index (χ2v) is 8.29. The standard InChI is InChI=1S/C20H27F3N6O2/c1-12-7-13(2)10-28(9-12)11-14(3)25-19(30)15-8-24-29(18(15)20(21,22)23)16-5-6-17(31-4)27-26-16/h5-6,8,12-14H,7,9-11H2,1-4H3,(H,25,30). The van der Waals surface area contributed by atoms with Crippen molar-refractivity contribution in [1.82, 2.24) is 30.2 Å². The molecule has 8 nitrogen and oxygen atoms in total. The first-order valence-corrected chi connectivity index (χ1v) is 10.1. The van der Waals surface area contributed by atoms with Gasteiger partial charge in [0.25, 0.3) is 5.91 Å². The molecule has 0 aromatic carbocycles. The van der Waals surface area contributed by atoms with E-state index in [1.807, 2.05) is 0 Å². The smallest absolute Gasteiger partial charge is 0.434 e. The zero-order chi connectivity index (χ0) is 22.8. The van der Waals surface area contributed by atoms with Crippen molar-refractivity contribution < 1.29 is 22.7 Å². The van der Waals surface area contributed by atoms with Gasteiger partial charge in [-0.05, 0) is 31.2 Å². The first kappa shape index (κ1) is 23.0. The van der Waals surface area contributed by atoms with Crippen molar-refractivity contribution in [2.45, 2.75) is 39.4 Å². The van der Waals surface area contributed by atoms with E-state index < -0.39 is 23.3 Å². The Balaban J connectivity index is 1.78. The third-order valence-corrected chi connectivity index (χ3v) is 5.19. The van der Waals surface area contributed by atoms with E-state index in [4.69, 9.17) is 4.74 Å². The van der Waals surface area contributed by atoms with Crippen LogP contribution >= 0.6 is 0 Å². The Morgan fingerprint density at radius 3 is 2.48 bits per heavy atom. The number of piperidine rings is 1. The van der Waals surface area contributed by atoms with Crippen molar-refractivity contribution in [3.63, 3.8) is 0 Å². The van der Waals surface area contributed by atoms with Gasteiger partial charge in [-0.3, -0.25) is 4.79 Å². The lowest BCUT2D eigenvalue weighted by Gasteiger charge is -2.36. The number of aromatic nitrogens is 4. The lowest BCUT2D eigenvalue weighted by molar-refractivity contribution is -0.143. The molecule has 0 bridgehead atoms. The fourth-order valence-electron chi connectivity index (χ4n) is 4.17. The Kier molecular flexibility index (Phi) is 6.83. The zero-order valence-corrected chi connectivity index (χ0v) is 18.0. The fraction of sp³-hybridized carbons (Fsp3) is 0.600. The van der Waals surface area contributed by atoms with Crippen LogP contribution in [0.1, 0.15) is 43.2 Å². The molecule has 3 heterocycles. The molecule has 1 aliphatic rings. The van der Waals surface area contributed by atoms with Crippen LogP contribution in [0.2, 0.25) is 0 Å². The van der Waals surface area contributed by atoms with Gasteiger partial charge in [-0.2, -0.15) is 18.3 Å². The van der Waals surface area contributed by atoms with E-state index in [1.165, 1.54) is 19.2 Å². The van der Waals surface area contributed by atoms with Gasteiger partial charge in [0.1, 0.15) is 0 Å². The molecule has 3 rings (SSSR count). The number of ether oxygens (including phenoxy) is 1. The largest absolute Gasteiger partial charge is 0.480 e. The molecule has 1 N–H and O–H groups in total. The average Bonchev–Trinajstić information content (AvgIpc) is 3.13. The normalized spacial score (nSPS) is 21.0. The van der Waals surface area contributed by atoms with Crippen LogP contribution < -0.4 is 10.1 Å². The number of alkyl halides is 3. The maximum atomic E-state index is 13.8. The quantitative estimate of drug-likeness (QED) is 0.744. The highest BCUT2D eigenvalue weighted by Gasteiger charge is 2.41. The summed E-state index contributed by atoms with van der Waals surface area (Å²) in [6.45, 7) is 8.53. The monoisotopic (exact) mass is 440 g/mol. The highest BCUT2D eigenvalue weighted by molar-refractivity contribution is 5.95. The number of halogens is 3. The maximum Gasteiger partial charge on any atom is 0.434 e. The molecule has 0 aliphatic carbocycles. The number of carbonyl (C=O) groups is 1. The van der Waals surface area contributed by atoms with Crippen LogP contribution in [0.15, 0.2) is 18.3 Å². The molecule has 3 unspecified atom stereocenters. The first-order chi connectivity index (χ1) is 14.6. The summed E-state index contributed by atoms with van der Waals surface area (Å²) in [5.41, 5.74) is -1.76. The topological polar surface area (TPSA) is 85.2 Å². The van der Waals surface area contributed by atoms with Gasteiger partial charge in [0.2, 0.25) is 5.88 Å². The van der Waals surface area contributed by atoms with Gasteiger partial charge in [-0.15, -0.1) is 10.2 Å². The molecule has 3 atom stereocenters. The summed E-state index contributed by atoms with van der Waals surface area (Å²) >= 11 is 0. The van der Waals surface area contributed by atoms with Gasteiger partial charge >= 0.3 is 6.18 Å². The summed E-state index contributed by atoms with van der Waals surface area (Å²) in [6.07, 6.45) is -2.76. The number of methoxy groups -OCH3 is 1. The van der Waals surface area contributed by atoms with Crippen molar-refractivity contribution in [2.24, 2.45) is 11.8 Å². The minimum Gasteiger partial charge on any atom is -0.480 e. The molecule has 170 valence electrons. The predicted molar refractivity (Wildman–Crippen MR) is 107 cm³/mol. The van der Waals surface area contributed by atoms with Crippen molar-refractivity contribution >= 4 is 5.91 Å². The van der Waals surface area contributed by atoms with E-state index in [2.05, 4.69) is 39.4 Å². The molecule has 0 radical (unpaired) electrons. The predicted octanol–water partition coefficient (Wildman–Crippen LogP) is 2.79. The fourth-order valence-corrected chi connectivity index (χ4v) is 4.17. The molecule has 2 aromatic heterocycles. The summed E-state index contributed by atoms with van der Waals surface area (Å²) in [4.78, 5) is 14.9. The molecule has 1 fully saturated rings. The second kappa shape index (κ2) is 9.21. The number of hydrogen-bond acceptors (Lipinski definition) is 6. The average molecular weight is 440 g/mol. The van der Waals surface area contributed by atoms with E-state index in [0.29, 0.717) is 23.1 Å². The number of hydrogen-bond donors (Lipinski definition) is 1. The molecule has 0 spiro atoms. The minimum atomic E-state index is -4.81. The van der Waals surface area contributed by atoms with Crippen LogP contribution in [-0.4, -0.2) is 63.6 Å². The Morgan fingerprint density at radius 2 is 1.94 bits per heavy atom. The van der Waals surface area contributed by atoms with Gasteiger partial charge < -0.3 is 15.0 Å². The van der Waals surface area contributed by atoms with Crippen molar-refractivity contribution in [3.8, 4) is 11.7 Å². The summed E-state index contributed by atoms with van der Waals surface area (Å²) in [6, 6.07) is 2.33. The molecule has 31 heavy (non-hydrogen) atoms. The Bertz CT molecular complexity index is 889. The number of amides is 1. The van der Waals surface area contributed by atoms with E-state index in [0.717, 1.165) is 25.7 Å². The van der Waals surface area contributed by atoms with Crippen LogP contribution in [-0.2, 0) is 6.18 Å². The molecule has 1 saturated heterocycles.